The average molecular weight is 309 g/mol. The summed E-state index contributed by atoms with van der Waals surface area (Å²) in [4.78, 5) is 9.00. The Morgan fingerprint density at radius 3 is 2.00 bits per heavy atom. The van der Waals surface area contributed by atoms with Gasteiger partial charge >= 0.3 is 0 Å². The summed E-state index contributed by atoms with van der Waals surface area (Å²) in [7, 11) is 0. The standard InChI is InChI=1S/C11H21BrO.C2H4O2/c12-10-8-6-4-2-1-3-5-7-9-11-13;1-2(3)4/h6,8,13H,1-5,7,9-11H2;1H3,(H,3,4). The highest BCUT2D eigenvalue weighted by molar-refractivity contribution is 9.09. The number of hydrogen-bond donors (Lipinski definition) is 2. The summed E-state index contributed by atoms with van der Waals surface area (Å²) >= 11 is 3.35. The summed E-state index contributed by atoms with van der Waals surface area (Å²) in [6.07, 6.45) is 13.0. The molecular weight excluding hydrogens is 284 g/mol. The second kappa shape index (κ2) is 18.0. The normalized spacial score (nSPS) is 10.1. The van der Waals surface area contributed by atoms with E-state index in [2.05, 4.69) is 28.1 Å². The number of aliphatic hydroxyl groups excluding tert-OH is 1. The van der Waals surface area contributed by atoms with E-state index in [1.807, 2.05) is 0 Å². The second-order valence-corrected chi connectivity index (χ2v) is 4.43. The number of hydrogen-bond acceptors (Lipinski definition) is 2. The Hall–Kier alpha value is -0.350. The molecule has 0 amide bonds. The van der Waals surface area contributed by atoms with Crippen molar-refractivity contribution in [3.05, 3.63) is 12.2 Å². The number of carbonyl (C=O) groups is 1. The molecule has 0 saturated heterocycles. The minimum Gasteiger partial charge on any atom is -0.481 e. The number of aliphatic hydroxyl groups is 1. The van der Waals surface area contributed by atoms with Crippen molar-refractivity contribution in [1.82, 2.24) is 0 Å². The molecule has 0 fully saturated rings. The van der Waals surface area contributed by atoms with Crippen LogP contribution < -0.4 is 0 Å². The first-order valence-corrected chi connectivity index (χ1v) is 7.28. The van der Waals surface area contributed by atoms with Crippen molar-refractivity contribution in [1.29, 1.82) is 0 Å². The molecule has 0 aliphatic heterocycles. The number of aliphatic carboxylic acids is 1. The number of allylic oxidation sites excluding steroid dienone is 2. The van der Waals surface area contributed by atoms with Crippen LogP contribution >= 0.6 is 15.9 Å². The molecule has 0 unspecified atom stereocenters. The van der Waals surface area contributed by atoms with Gasteiger partial charge in [-0.1, -0.05) is 53.8 Å². The van der Waals surface area contributed by atoms with Crippen molar-refractivity contribution in [2.24, 2.45) is 0 Å². The summed E-state index contributed by atoms with van der Waals surface area (Å²) < 4.78 is 0. The first-order valence-electron chi connectivity index (χ1n) is 6.16. The average Bonchev–Trinajstić information content (AvgIpc) is 2.26. The van der Waals surface area contributed by atoms with Gasteiger partial charge < -0.3 is 10.2 Å². The van der Waals surface area contributed by atoms with Gasteiger partial charge in [-0.25, -0.2) is 0 Å². The fourth-order valence-corrected chi connectivity index (χ4v) is 1.53. The van der Waals surface area contributed by atoms with E-state index in [1.165, 1.54) is 38.5 Å². The summed E-state index contributed by atoms with van der Waals surface area (Å²) in [5, 5.41) is 16.9. The molecule has 2 N–H and O–H groups in total. The SMILES string of the molecule is CC(=O)O.OCCCCCCCCC=CCBr. The highest BCUT2D eigenvalue weighted by atomic mass is 79.9. The molecular formula is C13H25BrO3. The Morgan fingerprint density at radius 1 is 1.06 bits per heavy atom. The van der Waals surface area contributed by atoms with Gasteiger partial charge in [-0.15, -0.1) is 0 Å². The molecule has 0 saturated carbocycles. The van der Waals surface area contributed by atoms with E-state index >= 15 is 0 Å². The largest absolute Gasteiger partial charge is 0.481 e. The third kappa shape index (κ3) is 31.3. The first kappa shape index (κ1) is 19.0. The number of halogens is 1. The van der Waals surface area contributed by atoms with Crippen molar-refractivity contribution < 1.29 is 15.0 Å². The number of unbranched alkanes of at least 4 members (excludes halogenated alkanes) is 6. The zero-order valence-electron chi connectivity index (χ0n) is 10.7. The number of rotatable bonds is 9. The smallest absolute Gasteiger partial charge is 0.300 e. The van der Waals surface area contributed by atoms with Crippen molar-refractivity contribution in [2.75, 3.05) is 11.9 Å². The van der Waals surface area contributed by atoms with Crippen LogP contribution in [0.1, 0.15) is 51.9 Å². The van der Waals surface area contributed by atoms with Gasteiger partial charge in [-0.05, 0) is 19.3 Å². The summed E-state index contributed by atoms with van der Waals surface area (Å²) in [5.41, 5.74) is 0. The molecule has 0 bridgehead atoms. The van der Waals surface area contributed by atoms with Gasteiger partial charge in [0, 0.05) is 18.9 Å². The van der Waals surface area contributed by atoms with Crippen LogP contribution in [0.2, 0.25) is 0 Å². The van der Waals surface area contributed by atoms with E-state index < -0.39 is 5.97 Å². The molecule has 0 aromatic carbocycles. The van der Waals surface area contributed by atoms with E-state index in [1.54, 1.807) is 0 Å². The summed E-state index contributed by atoms with van der Waals surface area (Å²) in [6.45, 7) is 1.44. The van der Waals surface area contributed by atoms with Crippen LogP contribution in [0, 0.1) is 0 Å². The van der Waals surface area contributed by atoms with Gasteiger partial charge in [0.2, 0.25) is 0 Å². The Bertz CT molecular complexity index is 178. The molecule has 3 nitrogen and oxygen atoms in total. The van der Waals surface area contributed by atoms with Crippen LogP contribution in [-0.2, 0) is 4.79 Å². The molecule has 0 radical (unpaired) electrons. The Balaban J connectivity index is 0. The molecule has 102 valence electrons. The Labute approximate surface area is 113 Å². The Kier molecular flexibility index (Phi) is 20.1. The minimum atomic E-state index is -0.833. The quantitative estimate of drug-likeness (QED) is 0.387. The fraction of sp³-hybridized carbons (Fsp3) is 0.769. The fourth-order valence-electron chi connectivity index (χ4n) is 1.26. The maximum absolute atomic E-state index is 9.00. The number of carboxylic acid groups (broad SMARTS) is 1. The molecule has 0 aromatic heterocycles. The maximum atomic E-state index is 9.00. The van der Waals surface area contributed by atoms with Crippen LogP contribution in [-0.4, -0.2) is 28.1 Å². The van der Waals surface area contributed by atoms with Gasteiger partial charge in [0.15, 0.2) is 0 Å². The van der Waals surface area contributed by atoms with Crippen molar-refractivity contribution in [3.8, 4) is 0 Å². The zero-order valence-corrected chi connectivity index (χ0v) is 12.3. The lowest BCUT2D eigenvalue weighted by molar-refractivity contribution is -0.134. The van der Waals surface area contributed by atoms with Crippen LogP contribution in [0.4, 0.5) is 0 Å². The van der Waals surface area contributed by atoms with Gasteiger partial charge in [0.1, 0.15) is 0 Å². The van der Waals surface area contributed by atoms with E-state index in [0.29, 0.717) is 6.61 Å². The molecule has 0 aliphatic rings. The van der Waals surface area contributed by atoms with Crippen molar-refractivity contribution in [2.45, 2.75) is 51.9 Å². The first-order chi connectivity index (χ1) is 8.15. The zero-order chi connectivity index (χ0) is 13.4. The van der Waals surface area contributed by atoms with E-state index in [4.69, 9.17) is 15.0 Å². The van der Waals surface area contributed by atoms with Gasteiger partial charge in [-0.2, -0.15) is 0 Å². The second-order valence-electron chi connectivity index (χ2n) is 3.78. The van der Waals surface area contributed by atoms with Gasteiger partial charge in [0.25, 0.3) is 5.97 Å². The van der Waals surface area contributed by atoms with Gasteiger partial charge in [-0.3, -0.25) is 4.79 Å². The predicted molar refractivity (Wildman–Crippen MR) is 75.6 cm³/mol. The van der Waals surface area contributed by atoms with E-state index in [-0.39, 0.29) is 0 Å². The third-order valence-electron chi connectivity index (χ3n) is 2.03. The topological polar surface area (TPSA) is 57.5 Å². The molecule has 17 heavy (non-hydrogen) atoms. The lowest BCUT2D eigenvalue weighted by Gasteiger charge is -1.98. The summed E-state index contributed by atoms with van der Waals surface area (Å²) in [6, 6.07) is 0. The molecule has 0 aromatic rings. The van der Waals surface area contributed by atoms with E-state index in [0.717, 1.165) is 18.7 Å². The third-order valence-corrected chi connectivity index (χ3v) is 2.41. The predicted octanol–water partition coefficient (Wildman–Crippen LogP) is 3.75. The highest BCUT2D eigenvalue weighted by Crippen LogP contribution is 2.07. The molecule has 0 aliphatic carbocycles. The minimum absolute atomic E-state index is 0.355. The molecule has 4 heteroatoms. The van der Waals surface area contributed by atoms with Crippen LogP contribution in [0.25, 0.3) is 0 Å². The molecule has 0 atom stereocenters. The van der Waals surface area contributed by atoms with Crippen molar-refractivity contribution >= 4 is 21.9 Å². The molecule has 0 spiro atoms. The lowest BCUT2D eigenvalue weighted by atomic mass is 10.1. The van der Waals surface area contributed by atoms with Crippen molar-refractivity contribution in [3.63, 3.8) is 0 Å². The summed E-state index contributed by atoms with van der Waals surface area (Å²) in [5.74, 6) is -0.833. The van der Waals surface area contributed by atoms with Crippen LogP contribution in [0.15, 0.2) is 12.2 Å². The highest BCUT2D eigenvalue weighted by Gasteiger charge is 1.89. The Morgan fingerprint density at radius 2 is 1.53 bits per heavy atom. The molecule has 0 heterocycles. The monoisotopic (exact) mass is 308 g/mol. The molecule has 0 rings (SSSR count). The van der Waals surface area contributed by atoms with Crippen LogP contribution in [0.3, 0.4) is 0 Å². The van der Waals surface area contributed by atoms with Crippen LogP contribution in [0.5, 0.6) is 0 Å². The van der Waals surface area contributed by atoms with Gasteiger partial charge in [0.05, 0.1) is 0 Å². The number of carboxylic acids is 1. The lowest BCUT2D eigenvalue weighted by Crippen LogP contribution is -1.83. The number of alkyl halides is 1. The van der Waals surface area contributed by atoms with E-state index in [9.17, 15) is 0 Å². The maximum Gasteiger partial charge on any atom is 0.300 e.